The van der Waals surface area contributed by atoms with Crippen molar-refractivity contribution in [2.75, 3.05) is 7.11 Å². The summed E-state index contributed by atoms with van der Waals surface area (Å²) in [5.74, 6) is 0.814. The van der Waals surface area contributed by atoms with Gasteiger partial charge in [-0.25, -0.2) is 0 Å². The molecule has 0 aromatic heterocycles. The van der Waals surface area contributed by atoms with Crippen molar-refractivity contribution in [3.8, 4) is 5.75 Å². The lowest BCUT2D eigenvalue weighted by atomic mass is 9.92. The minimum atomic E-state index is -0.644. The molecule has 3 nitrogen and oxygen atoms in total. The molecule has 0 bridgehead atoms. The van der Waals surface area contributed by atoms with Crippen LogP contribution < -0.4 is 10.5 Å². The van der Waals surface area contributed by atoms with Gasteiger partial charge in [0.05, 0.1) is 19.3 Å². The lowest BCUT2D eigenvalue weighted by Crippen LogP contribution is -2.28. The molecule has 0 unspecified atom stereocenters. The highest BCUT2D eigenvalue weighted by molar-refractivity contribution is 5.91. The average Bonchev–Trinajstić information content (AvgIpc) is 2.61. The van der Waals surface area contributed by atoms with E-state index in [-0.39, 0.29) is 0 Å². The summed E-state index contributed by atoms with van der Waals surface area (Å²) in [5, 5.41) is 12.6. The first-order chi connectivity index (χ1) is 11.2. The Hall–Kier alpha value is -2.36. The molecule has 0 saturated heterocycles. The van der Waals surface area contributed by atoms with Crippen LogP contribution in [0.5, 0.6) is 5.75 Å². The third-order valence-electron chi connectivity index (χ3n) is 4.20. The maximum Gasteiger partial charge on any atom is 0.126 e. The second-order valence-corrected chi connectivity index (χ2v) is 5.69. The van der Waals surface area contributed by atoms with E-state index in [1.165, 1.54) is 0 Å². The monoisotopic (exact) mass is 307 g/mol. The quantitative estimate of drug-likeness (QED) is 0.759. The molecule has 0 fully saturated rings. The number of aliphatic hydroxyl groups excluding tert-OH is 1. The fraction of sp³-hybridized carbons (Fsp3) is 0.200. The Morgan fingerprint density at radius 2 is 1.57 bits per heavy atom. The molecule has 0 radical (unpaired) electrons. The smallest absolute Gasteiger partial charge is 0.126 e. The van der Waals surface area contributed by atoms with Gasteiger partial charge in [-0.15, -0.1) is 0 Å². The molecule has 3 N–H and O–H groups in total. The molecule has 2 atom stereocenters. The Balaban J connectivity index is 1.93. The number of hydrogen-bond acceptors (Lipinski definition) is 3. The van der Waals surface area contributed by atoms with Gasteiger partial charge >= 0.3 is 0 Å². The summed E-state index contributed by atoms with van der Waals surface area (Å²) in [6, 6.07) is 21.3. The molecule has 0 aliphatic heterocycles. The Morgan fingerprint density at radius 3 is 2.26 bits per heavy atom. The number of nitrogens with two attached hydrogens (primary N) is 1. The maximum atomic E-state index is 10.6. The highest BCUT2D eigenvalue weighted by atomic mass is 16.5. The molecule has 0 aliphatic carbocycles. The summed E-state index contributed by atoms with van der Waals surface area (Å²) in [6.45, 7) is 0. The zero-order valence-electron chi connectivity index (χ0n) is 13.1. The molecule has 0 spiro atoms. The van der Waals surface area contributed by atoms with Gasteiger partial charge in [0.2, 0.25) is 0 Å². The molecule has 0 aliphatic rings. The fourth-order valence-electron chi connectivity index (χ4n) is 2.95. The van der Waals surface area contributed by atoms with Crippen LogP contribution in [-0.4, -0.2) is 18.3 Å². The highest BCUT2D eigenvalue weighted by Gasteiger charge is 2.20. The Morgan fingerprint density at radius 1 is 0.913 bits per heavy atom. The minimum absolute atomic E-state index is 0.453. The molecular weight excluding hydrogens is 286 g/mol. The predicted molar refractivity (Wildman–Crippen MR) is 93.6 cm³/mol. The van der Waals surface area contributed by atoms with Crippen LogP contribution in [0.3, 0.4) is 0 Å². The van der Waals surface area contributed by atoms with Crippen molar-refractivity contribution in [1.82, 2.24) is 0 Å². The van der Waals surface area contributed by atoms with E-state index < -0.39 is 12.1 Å². The van der Waals surface area contributed by atoms with E-state index in [0.717, 1.165) is 27.6 Å². The van der Waals surface area contributed by atoms with Gasteiger partial charge < -0.3 is 15.6 Å². The molecule has 3 aromatic carbocycles. The summed E-state index contributed by atoms with van der Waals surface area (Å²) < 4.78 is 5.42. The Bertz CT molecular complexity index is 786. The lowest BCUT2D eigenvalue weighted by molar-refractivity contribution is 0.145. The van der Waals surface area contributed by atoms with Crippen LogP contribution in [0.4, 0.5) is 0 Å². The fourth-order valence-corrected chi connectivity index (χ4v) is 2.95. The summed E-state index contributed by atoms with van der Waals surface area (Å²) >= 11 is 0. The van der Waals surface area contributed by atoms with Gasteiger partial charge in [0.15, 0.2) is 0 Å². The normalized spacial score (nSPS) is 13.7. The number of aliphatic hydroxyl groups is 1. The molecule has 3 aromatic rings. The molecule has 3 heteroatoms. The van der Waals surface area contributed by atoms with Crippen molar-refractivity contribution in [3.05, 3.63) is 77.9 Å². The number of methoxy groups -OCH3 is 1. The van der Waals surface area contributed by atoms with Crippen LogP contribution in [0.2, 0.25) is 0 Å². The largest absolute Gasteiger partial charge is 0.496 e. The summed E-state index contributed by atoms with van der Waals surface area (Å²) in [5.41, 5.74) is 8.37. The van der Waals surface area contributed by atoms with E-state index in [9.17, 15) is 5.11 Å². The molecular formula is C20H21NO2. The van der Waals surface area contributed by atoms with Crippen molar-refractivity contribution >= 4 is 10.8 Å². The van der Waals surface area contributed by atoms with Gasteiger partial charge in [0, 0.05) is 11.8 Å². The van der Waals surface area contributed by atoms with Crippen LogP contribution in [0.25, 0.3) is 10.8 Å². The van der Waals surface area contributed by atoms with Crippen molar-refractivity contribution < 1.29 is 9.84 Å². The van der Waals surface area contributed by atoms with Crippen molar-refractivity contribution in [3.63, 3.8) is 0 Å². The van der Waals surface area contributed by atoms with Crippen LogP contribution in [0, 0.1) is 0 Å². The predicted octanol–water partition coefficient (Wildman–Crippen LogP) is 3.45. The first-order valence-electron chi connectivity index (χ1n) is 7.74. The SMILES string of the molecule is COc1ccc([C@H](N)[C@H](O)Cc2ccccc2)c2ccccc12. The highest BCUT2D eigenvalue weighted by Crippen LogP contribution is 2.32. The van der Waals surface area contributed by atoms with E-state index in [0.29, 0.717) is 6.42 Å². The molecule has 118 valence electrons. The van der Waals surface area contributed by atoms with Crippen LogP contribution in [0.1, 0.15) is 17.2 Å². The first-order valence-corrected chi connectivity index (χ1v) is 7.74. The summed E-state index contributed by atoms with van der Waals surface area (Å²) in [7, 11) is 1.66. The van der Waals surface area contributed by atoms with Crippen LogP contribution in [-0.2, 0) is 6.42 Å². The second kappa shape index (κ2) is 6.82. The van der Waals surface area contributed by atoms with Gasteiger partial charge in [0.1, 0.15) is 5.75 Å². The van der Waals surface area contributed by atoms with Gasteiger partial charge in [-0.3, -0.25) is 0 Å². The van der Waals surface area contributed by atoms with Gasteiger partial charge in [-0.05, 0) is 22.6 Å². The van der Waals surface area contributed by atoms with Crippen molar-refractivity contribution in [2.45, 2.75) is 18.6 Å². The zero-order valence-corrected chi connectivity index (χ0v) is 13.1. The number of benzene rings is 3. The number of rotatable bonds is 5. The zero-order chi connectivity index (χ0) is 16.2. The Labute approximate surface area is 136 Å². The van der Waals surface area contributed by atoms with Crippen molar-refractivity contribution in [1.29, 1.82) is 0 Å². The van der Waals surface area contributed by atoms with Gasteiger partial charge in [0.25, 0.3) is 0 Å². The minimum Gasteiger partial charge on any atom is -0.496 e. The van der Waals surface area contributed by atoms with Gasteiger partial charge in [-0.2, -0.15) is 0 Å². The lowest BCUT2D eigenvalue weighted by Gasteiger charge is -2.21. The molecule has 0 amide bonds. The van der Waals surface area contributed by atoms with Gasteiger partial charge in [-0.1, -0.05) is 60.7 Å². The second-order valence-electron chi connectivity index (χ2n) is 5.69. The van der Waals surface area contributed by atoms with E-state index >= 15 is 0 Å². The van der Waals surface area contributed by atoms with E-state index in [1.807, 2.05) is 66.7 Å². The summed E-state index contributed by atoms with van der Waals surface area (Å²) in [6.07, 6.45) is -0.114. The topological polar surface area (TPSA) is 55.5 Å². The number of fused-ring (bicyclic) bond motifs is 1. The van der Waals surface area contributed by atoms with E-state index in [2.05, 4.69) is 0 Å². The third kappa shape index (κ3) is 3.21. The Kier molecular flexibility index (Phi) is 4.60. The molecule has 23 heavy (non-hydrogen) atoms. The average molecular weight is 307 g/mol. The molecule has 3 rings (SSSR count). The van der Waals surface area contributed by atoms with Crippen LogP contribution in [0.15, 0.2) is 66.7 Å². The first kappa shape index (κ1) is 15.5. The van der Waals surface area contributed by atoms with E-state index in [1.54, 1.807) is 7.11 Å². The third-order valence-corrected chi connectivity index (χ3v) is 4.20. The number of hydrogen-bond donors (Lipinski definition) is 2. The molecule has 0 heterocycles. The standard InChI is InChI=1S/C20H21NO2/c1-23-19-12-11-17(15-9-5-6-10-16(15)19)20(21)18(22)13-14-7-3-2-4-8-14/h2-12,18,20,22H,13,21H2,1H3/t18-,20+/m1/s1. The van der Waals surface area contributed by atoms with Crippen molar-refractivity contribution in [2.24, 2.45) is 5.73 Å². The van der Waals surface area contributed by atoms with Crippen LogP contribution >= 0.6 is 0 Å². The van der Waals surface area contributed by atoms with E-state index in [4.69, 9.17) is 10.5 Å². The number of ether oxygens (including phenoxy) is 1. The molecule has 0 saturated carbocycles. The summed E-state index contributed by atoms with van der Waals surface area (Å²) in [4.78, 5) is 0. The maximum absolute atomic E-state index is 10.6.